The molecule has 3 aliphatic carbocycles. The molecular weight excluding hydrogens is 210 g/mol. The minimum atomic E-state index is 0.0973. The van der Waals surface area contributed by atoms with Crippen LogP contribution in [0.5, 0.6) is 0 Å². The van der Waals surface area contributed by atoms with Gasteiger partial charge in [0.15, 0.2) is 0 Å². The summed E-state index contributed by atoms with van der Waals surface area (Å²) < 4.78 is 0. The number of hydrogen-bond donors (Lipinski definition) is 0. The van der Waals surface area contributed by atoms with Crippen molar-refractivity contribution >= 4 is 5.78 Å². The molecule has 0 saturated heterocycles. The molecular formula is C15H23NO. The zero-order valence-corrected chi connectivity index (χ0v) is 11.3. The van der Waals surface area contributed by atoms with Crippen molar-refractivity contribution in [3.8, 4) is 6.07 Å². The van der Waals surface area contributed by atoms with Crippen LogP contribution in [0, 0.1) is 27.6 Å². The lowest BCUT2D eigenvalue weighted by atomic mass is 9.34. The third-order valence-electron chi connectivity index (χ3n) is 4.83. The van der Waals surface area contributed by atoms with E-state index in [9.17, 15) is 4.79 Å². The standard InChI is InChI=1S/C15H23NO/c1-13(2,6-4-8-16)7-5-12(17)15-9-14(3,10-15)11-15/h4-7,9-11H2,1-3H3. The van der Waals surface area contributed by atoms with Crippen molar-refractivity contribution in [3.05, 3.63) is 0 Å². The van der Waals surface area contributed by atoms with Gasteiger partial charge in [-0.3, -0.25) is 4.79 Å². The van der Waals surface area contributed by atoms with Crippen molar-refractivity contribution in [1.82, 2.24) is 0 Å². The van der Waals surface area contributed by atoms with Crippen molar-refractivity contribution < 1.29 is 4.79 Å². The summed E-state index contributed by atoms with van der Waals surface area (Å²) in [5.74, 6) is 0.492. The molecule has 0 atom stereocenters. The first-order valence-corrected chi connectivity index (χ1v) is 6.71. The predicted molar refractivity (Wildman–Crippen MR) is 67.3 cm³/mol. The fourth-order valence-corrected chi connectivity index (χ4v) is 3.83. The number of nitriles is 1. The van der Waals surface area contributed by atoms with Gasteiger partial charge in [0.25, 0.3) is 0 Å². The number of Topliss-reactive ketones (excluding diaryl/α,β-unsaturated/α-hetero) is 1. The topological polar surface area (TPSA) is 40.9 Å². The summed E-state index contributed by atoms with van der Waals surface area (Å²) in [6, 6.07) is 2.19. The van der Waals surface area contributed by atoms with Crippen LogP contribution in [-0.2, 0) is 4.79 Å². The predicted octanol–water partition coefficient (Wildman–Crippen LogP) is 3.86. The summed E-state index contributed by atoms with van der Waals surface area (Å²) in [6.45, 7) is 6.63. The highest BCUT2D eigenvalue weighted by Gasteiger charge is 2.67. The molecule has 0 aromatic carbocycles. The van der Waals surface area contributed by atoms with Crippen LogP contribution >= 0.6 is 0 Å². The number of ketones is 1. The maximum absolute atomic E-state index is 12.2. The van der Waals surface area contributed by atoms with Gasteiger partial charge >= 0.3 is 0 Å². The third kappa shape index (κ3) is 2.25. The van der Waals surface area contributed by atoms with E-state index in [0.717, 1.165) is 32.1 Å². The lowest BCUT2D eigenvalue weighted by molar-refractivity contribution is -0.197. The molecule has 0 N–H and O–H groups in total. The van der Waals surface area contributed by atoms with E-state index in [0.29, 0.717) is 24.0 Å². The van der Waals surface area contributed by atoms with Crippen LogP contribution in [0.25, 0.3) is 0 Å². The van der Waals surface area contributed by atoms with E-state index in [1.54, 1.807) is 0 Å². The fourth-order valence-electron chi connectivity index (χ4n) is 3.83. The van der Waals surface area contributed by atoms with Crippen molar-refractivity contribution in [2.75, 3.05) is 0 Å². The second-order valence-corrected chi connectivity index (χ2v) is 7.37. The number of carbonyl (C=O) groups excluding carboxylic acids is 1. The number of hydrogen-bond acceptors (Lipinski definition) is 2. The Labute approximate surface area is 104 Å². The van der Waals surface area contributed by atoms with Crippen LogP contribution in [0.3, 0.4) is 0 Å². The molecule has 0 radical (unpaired) electrons. The third-order valence-corrected chi connectivity index (χ3v) is 4.83. The molecule has 3 rings (SSSR count). The largest absolute Gasteiger partial charge is 0.299 e. The Balaban J connectivity index is 1.76. The second-order valence-electron chi connectivity index (χ2n) is 7.37. The van der Waals surface area contributed by atoms with Crippen LogP contribution in [0.2, 0.25) is 0 Å². The molecule has 0 spiro atoms. The molecule has 0 heterocycles. The average Bonchev–Trinajstić information content (AvgIpc) is 2.17. The lowest BCUT2D eigenvalue weighted by Gasteiger charge is -2.68. The van der Waals surface area contributed by atoms with Crippen molar-refractivity contribution in [3.63, 3.8) is 0 Å². The minimum Gasteiger partial charge on any atom is -0.299 e. The van der Waals surface area contributed by atoms with Crippen LogP contribution in [-0.4, -0.2) is 5.78 Å². The molecule has 3 fully saturated rings. The number of nitrogens with zero attached hydrogens (tertiary/aromatic N) is 1. The lowest BCUT2D eigenvalue weighted by Crippen LogP contribution is -2.63. The summed E-state index contributed by atoms with van der Waals surface area (Å²) in [5, 5.41) is 8.60. The Morgan fingerprint density at radius 2 is 1.88 bits per heavy atom. The molecule has 0 aromatic rings. The molecule has 0 amide bonds. The van der Waals surface area contributed by atoms with Gasteiger partial charge in [-0.25, -0.2) is 0 Å². The Kier molecular flexibility index (Phi) is 2.84. The van der Waals surface area contributed by atoms with Gasteiger partial charge in [-0.15, -0.1) is 0 Å². The molecule has 3 aliphatic rings. The van der Waals surface area contributed by atoms with Crippen LogP contribution in [0.15, 0.2) is 0 Å². The maximum Gasteiger partial charge on any atom is 0.139 e. The smallest absolute Gasteiger partial charge is 0.139 e. The van der Waals surface area contributed by atoms with E-state index in [4.69, 9.17) is 5.26 Å². The van der Waals surface area contributed by atoms with Gasteiger partial charge in [-0.2, -0.15) is 5.26 Å². The molecule has 0 unspecified atom stereocenters. The van der Waals surface area contributed by atoms with Gasteiger partial charge in [-0.05, 0) is 42.9 Å². The molecule has 2 nitrogen and oxygen atoms in total. The number of carbonyl (C=O) groups is 1. The maximum atomic E-state index is 12.2. The highest BCUT2D eigenvalue weighted by Crippen LogP contribution is 2.73. The molecule has 3 saturated carbocycles. The van der Waals surface area contributed by atoms with E-state index in [1.807, 2.05) is 0 Å². The molecule has 2 heteroatoms. The Morgan fingerprint density at radius 1 is 1.29 bits per heavy atom. The van der Waals surface area contributed by atoms with E-state index in [1.165, 1.54) is 0 Å². The minimum absolute atomic E-state index is 0.0973. The van der Waals surface area contributed by atoms with Gasteiger partial charge in [0, 0.05) is 18.3 Å². The second kappa shape index (κ2) is 3.83. The first-order valence-electron chi connectivity index (χ1n) is 6.71. The summed E-state index contributed by atoms with van der Waals surface area (Å²) in [7, 11) is 0. The summed E-state index contributed by atoms with van der Waals surface area (Å²) in [6.07, 6.45) is 6.57. The summed E-state index contributed by atoms with van der Waals surface area (Å²) in [5.41, 5.74) is 0.755. The van der Waals surface area contributed by atoms with Gasteiger partial charge in [0.1, 0.15) is 5.78 Å². The Hall–Kier alpha value is -0.840. The van der Waals surface area contributed by atoms with Crippen LogP contribution in [0.4, 0.5) is 0 Å². The first-order chi connectivity index (χ1) is 7.81. The van der Waals surface area contributed by atoms with E-state index >= 15 is 0 Å². The molecule has 0 aliphatic heterocycles. The molecule has 94 valence electrons. The van der Waals surface area contributed by atoms with Crippen LogP contribution < -0.4 is 0 Å². The van der Waals surface area contributed by atoms with Gasteiger partial charge in [-0.1, -0.05) is 20.8 Å². The van der Waals surface area contributed by atoms with Crippen molar-refractivity contribution in [1.29, 1.82) is 5.26 Å². The number of rotatable bonds is 6. The highest BCUT2D eigenvalue weighted by atomic mass is 16.1. The zero-order valence-electron chi connectivity index (χ0n) is 11.3. The quantitative estimate of drug-likeness (QED) is 0.699. The Morgan fingerprint density at radius 3 is 2.35 bits per heavy atom. The van der Waals surface area contributed by atoms with E-state index in [-0.39, 0.29) is 10.8 Å². The highest BCUT2D eigenvalue weighted by molar-refractivity contribution is 5.88. The normalized spacial score (nSPS) is 34.5. The van der Waals surface area contributed by atoms with E-state index in [2.05, 4.69) is 26.8 Å². The summed E-state index contributed by atoms with van der Waals surface area (Å²) in [4.78, 5) is 12.2. The SMILES string of the molecule is CC(C)(CCC#N)CCC(=O)C12CC(C)(C1)C2. The monoisotopic (exact) mass is 233 g/mol. The Bertz CT molecular complexity index is 355. The van der Waals surface area contributed by atoms with Gasteiger partial charge in [0.05, 0.1) is 6.07 Å². The van der Waals surface area contributed by atoms with Crippen molar-refractivity contribution in [2.45, 2.75) is 65.7 Å². The average molecular weight is 233 g/mol. The fraction of sp³-hybridized carbons (Fsp3) is 0.867. The van der Waals surface area contributed by atoms with Gasteiger partial charge in [0.2, 0.25) is 0 Å². The van der Waals surface area contributed by atoms with Gasteiger partial charge < -0.3 is 0 Å². The van der Waals surface area contributed by atoms with E-state index < -0.39 is 0 Å². The molecule has 17 heavy (non-hydrogen) atoms. The molecule has 2 bridgehead atoms. The van der Waals surface area contributed by atoms with Crippen LogP contribution in [0.1, 0.15) is 65.7 Å². The summed E-state index contributed by atoms with van der Waals surface area (Å²) >= 11 is 0. The zero-order chi connectivity index (χ0) is 12.7. The first kappa shape index (κ1) is 12.6. The van der Waals surface area contributed by atoms with Crippen molar-refractivity contribution in [2.24, 2.45) is 16.2 Å². The molecule has 0 aromatic heterocycles.